The van der Waals surface area contributed by atoms with Crippen LogP contribution in [-0.2, 0) is 14.4 Å². The van der Waals surface area contributed by atoms with Gasteiger partial charge in [0.05, 0.1) is 12.2 Å². The van der Waals surface area contributed by atoms with E-state index in [2.05, 4.69) is 30.6 Å². The summed E-state index contributed by atoms with van der Waals surface area (Å²) in [6, 6.07) is -1.09. The van der Waals surface area contributed by atoms with Crippen LogP contribution in [0.3, 0.4) is 0 Å². The summed E-state index contributed by atoms with van der Waals surface area (Å²) >= 11 is 0. The van der Waals surface area contributed by atoms with E-state index in [0.717, 1.165) is 12.8 Å². The zero-order chi connectivity index (χ0) is 26.7. The maximum absolute atomic E-state index is 12.7. The number of Topliss-reactive ketones (excluding diaryl/α,β-unsaturated/α-hetero) is 1. The average Bonchev–Trinajstić information content (AvgIpc) is 3.48. The topological polar surface area (TPSA) is 136 Å². The van der Waals surface area contributed by atoms with E-state index in [0.29, 0.717) is 30.1 Å². The maximum atomic E-state index is 12.7. The van der Waals surface area contributed by atoms with E-state index >= 15 is 0 Å². The molecule has 0 aromatic rings. The summed E-state index contributed by atoms with van der Waals surface area (Å²) in [6.07, 6.45) is 12.6. The molecule has 1 unspecified atom stereocenters. The van der Waals surface area contributed by atoms with Crippen LogP contribution in [0.4, 0.5) is 0 Å². The Morgan fingerprint density at radius 2 is 1.81 bits per heavy atom. The van der Waals surface area contributed by atoms with Gasteiger partial charge in [-0.05, 0) is 61.2 Å². The minimum absolute atomic E-state index is 0.0858. The monoisotopic (exact) mass is 512 g/mol. The molecule has 2 aliphatic carbocycles. The number of rotatable bonds is 1. The summed E-state index contributed by atoms with van der Waals surface area (Å²) in [5.41, 5.74) is -0.343. The molecule has 4 aliphatic rings. The molecular weight excluding hydrogens is 472 g/mol. The number of hydrogen-bond donors (Lipinski definition) is 5. The van der Waals surface area contributed by atoms with Crippen molar-refractivity contribution in [1.82, 2.24) is 10.6 Å². The van der Waals surface area contributed by atoms with Gasteiger partial charge in [0.2, 0.25) is 5.91 Å². The van der Waals surface area contributed by atoms with Crippen LogP contribution in [0.2, 0.25) is 0 Å². The molecule has 37 heavy (non-hydrogen) atoms. The minimum Gasteiger partial charge on any atom is -0.509 e. The van der Waals surface area contributed by atoms with Crippen LogP contribution in [0.25, 0.3) is 0 Å². The fraction of sp³-hybridized carbons (Fsp3) is 0.621. The van der Waals surface area contributed by atoms with Crippen LogP contribution in [-0.4, -0.2) is 57.7 Å². The number of amides is 2. The Kier molecular flexibility index (Phi) is 8.70. The minimum atomic E-state index is -1.16. The van der Waals surface area contributed by atoms with Gasteiger partial charge in [-0.3, -0.25) is 14.4 Å². The van der Waals surface area contributed by atoms with Crippen LogP contribution >= 0.6 is 0 Å². The van der Waals surface area contributed by atoms with Gasteiger partial charge in [-0.15, -0.1) is 0 Å². The van der Waals surface area contributed by atoms with E-state index in [4.69, 9.17) is 0 Å². The van der Waals surface area contributed by atoms with Gasteiger partial charge >= 0.3 is 0 Å². The maximum Gasteiger partial charge on any atom is 0.259 e. The molecule has 2 bridgehead atoms. The smallest absolute Gasteiger partial charge is 0.259 e. The first-order chi connectivity index (χ1) is 17.7. The third-order valence-corrected chi connectivity index (χ3v) is 9.01. The molecule has 2 amide bonds. The lowest BCUT2D eigenvalue weighted by molar-refractivity contribution is -0.122. The first kappa shape index (κ1) is 27.3. The molecule has 4 rings (SSSR count). The Morgan fingerprint density at radius 1 is 1.03 bits per heavy atom. The third kappa shape index (κ3) is 5.75. The quantitative estimate of drug-likeness (QED) is 0.271. The lowest BCUT2D eigenvalue weighted by Gasteiger charge is -2.31. The molecule has 202 valence electrons. The van der Waals surface area contributed by atoms with Crippen molar-refractivity contribution in [3.05, 3.63) is 47.8 Å². The summed E-state index contributed by atoms with van der Waals surface area (Å²) in [7, 11) is 0. The SMILES string of the molecule is CCC1C[C@@H]2C[C@H]3C=CC=CC(=O)NCC[C@H](O)[C@@H]4NC(=O)C(=C4O)C(=O)CC=CC[C@H](O)[C@H]3[C@@H]2[C@H]1C. The Bertz CT molecular complexity index is 1010. The zero-order valence-electron chi connectivity index (χ0n) is 21.7. The molecule has 9 atom stereocenters. The average molecular weight is 513 g/mol. The molecule has 8 nitrogen and oxygen atoms in total. The van der Waals surface area contributed by atoms with Crippen LogP contribution in [0, 0.1) is 35.5 Å². The van der Waals surface area contributed by atoms with Crippen molar-refractivity contribution in [2.45, 2.75) is 70.6 Å². The fourth-order valence-electron chi connectivity index (χ4n) is 7.21. The number of hydrogen-bond acceptors (Lipinski definition) is 6. The number of allylic oxidation sites excluding steroid dienone is 4. The summed E-state index contributed by atoms with van der Waals surface area (Å²) in [4.78, 5) is 37.2. The highest BCUT2D eigenvalue weighted by Crippen LogP contribution is 2.57. The highest BCUT2D eigenvalue weighted by Gasteiger charge is 2.52. The highest BCUT2D eigenvalue weighted by molar-refractivity contribution is 6.21. The molecule has 5 N–H and O–H groups in total. The molecule has 0 radical (unpaired) electrons. The van der Waals surface area contributed by atoms with Gasteiger partial charge in [0, 0.05) is 19.0 Å². The molecule has 2 aliphatic heterocycles. The van der Waals surface area contributed by atoms with Crippen molar-refractivity contribution in [3.63, 3.8) is 0 Å². The second-order valence-electron chi connectivity index (χ2n) is 11.1. The molecular formula is C29H40N2O6. The predicted octanol–water partition coefficient (Wildman–Crippen LogP) is 2.49. The van der Waals surface area contributed by atoms with Crippen molar-refractivity contribution in [2.75, 3.05) is 6.54 Å². The van der Waals surface area contributed by atoms with E-state index in [1.165, 1.54) is 12.5 Å². The van der Waals surface area contributed by atoms with E-state index in [1.54, 1.807) is 18.2 Å². The normalized spacial score (nSPS) is 39.4. The number of nitrogens with one attached hydrogen (secondary N) is 2. The summed E-state index contributed by atoms with van der Waals surface area (Å²) in [5, 5.41) is 37.3. The number of aliphatic hydroxyl groups excluding tert-OH is 3. The number of carbonyl (C=O) groups excluding carboxylic acids is 3. The summed E-state index contributed by atoms with van der Waals surface area (Å²) < 4.78 is 0. The number of ketones is 1. The van der Waals surface area contributed by atoms with Gasteiger partial charge in [0.25, 0.3) is 5.91 Å². The van der Waals surface area contributed by atoms with Gasteiger partial charge in [-0.25, -0.2) is 0 Å². The molecule has 0 aromatic carbocycles. The van der Waals surface area contributed by atoms with Gasteiger partial charge in [0.15, 0.2) is 5.78 Å². The third-order valence-electron chi connectivity index (χ3n) is 9.01. The van der Waals surface area contributed by atoms with Crippen molar-refractivity contribution >= 4 is 17.6 Å². The molecule has 8 heteroatoms. The van der Waals surface area contributed by atoms with Crippen molar-refractivity contribution < 1.29 is 29.7 Å². The van der Waals surface area contributed by atoms with Crippen LogP contribution < -0.4 is 10.6 Å². The van der Waals surface area contributed by atoms with Crippen LogP contribution in [0.1, 0.15) is 52.4 Å². The summed E-state index contributed by atoms with van der Waals surface area (Å²) in [5.74, 6) is 0.459. The van der Waals surface area contributed by atoms with Gasteiger partial charge in [0.1, 0.15) is 17.4 Å². The van der Waals surface area contributed by atoms with E-state index in [1.807, 2.05) is 6.08 Å². The van der Waals surface area contributed by atoms with Crippen LogP contribution in [0.15, 0.2) is 47.8 Å². The lowest BCUT2D eigenvalue weighted by atomic mass is 9.76. The zero-order valence-corrected chi connectivity index (χ0v) is 21.7. The Morgan fingerprint density at radius 3 is 2.57 bits per heavy atom. The van der Waals surface area contributed by atoms with Crippen molar-refractivity contribution in [2.24, 2.45) is 35.5 Å². The predicted molar refractivity (Wildman–Crippen MR) is 139 cm³/mol. The van der Waals surface area contributed by atoms with Crippen LogP contribution in [0.5, 0.6) is 0 Å². The fourth-order valence-corrected chi connectivity index (χ4v) is 7.21. The number of carbonyl (C=O) groups is 3. The lowest BCUT2D eigenvalue weighted by Crippen LogP contribution is -2.41. The molecule has 2 heterocycles. The standard InChI is InChI=1S/C29H40N2O6/c1-3-17-14-19-15-18-8-4-7-11-23(35)30-13-12-22(34)27-28(36)26(29(37)31-27)21(33)10-6-5-9-20(32)25(18)24(19)16(17)2/h4-8,11,16-20,22,24-25,27,32,34,36H,3,9-10,12-15H2,1-2H3,(H,30,35)(H,31,37)/t16-,17?,18+,19+,20-,22-,24+,25-,27-/m0/s1. The van der Waals surface area contributed by atoms with Gasteiger partial charge in [-0.1, -0.05) is 50.6 Å². The second-order valence-corrected chi connectivity index (χ2v) is 11.1. The van der Waals surface area contributed by atoms with E-state index in [-0.39, 0.29) is 42.7 Å². The molecule has 0 saturated heterocycles. The van der Waals surface area contributed by atoms with Crippen molar-refractivity contribution in [1.29, 1.82) is 0 Å². The number of aliphatic hydroxyl groups is 3. The highest BCUT2D eigenvalue weighted by atomic mass is 16.3. The largest absolute Gasteiger partial charge is 0.509 e. The molecule has 0 spiro atoms. The van der Waals surface area contributed by atoms with Crippen molar-refractivity contribution in [3.8, 4) is 0 Å². The molecule has 2 fully saturated rings. The molecule has 0 aromatic heterocycles. The first-order valence-electron chi connectivity index (χ1n) is 13.6. The number of fused-ring (bicyclic) bond motifs is 4. The first-order valence-corrected chi connectivity index (χ1v) is 13.6. The van der Waals surface area contributed by atoms with E-state index < -0.39 is 35.7 Å². The Labute approximate surface area is 218 Å². The van der Waals surface area contributed by atoms with Gasteiger partial charge < -0.3 is 26.0 Å². The van der Waals surface area contributed by atoms with E-state index in [9.17, 15) is 29.7 Å². The summed E-state index contributed by atoms with van der Waals surface area (Å²) in [6.45, 7) is 4.68. The van der Waals surface area contributed by atoms with Gasteiger partial charge in [-0.2, -0.15) is 0 Å². The Hall–Kier alpha value is -2.71. The second kappa shape index (κ2) is 11.8. The Balaban J connectivity index is 1.56. The molecule has 2 saturated carbocycles.